The fourth-order valence-electron chi connectivity index (χ4n) is 1.88. The molecule has 0 amide bonds. The molecule has 1 aliphatic heterocycles. The van der Waals surface area contributed by atoms with Crippen molar-refractivity contribution in [3.05, 3.63) is 17.8 Å². The molecule has 2 heterocycles. The number of nitrogens with zero attached hydrogens (tertiary/aromatic N) is 4. The Bertz CT molecular complexity index is 505. The fourth-order valence-corrected chi connectivity index (χ4v) is 1.88. The number of hydrogen-bond acceptors (Lipinski definition) is 6. The van der Waals surface area contributed by atoms with Crippen molar-refractivity contribution in [1.29, 1.82) is 5.26 Å². The monoisotopic (exact) mass is 248 g/mol. The minimum absolute atomic E-state index is 0.323. The summed E-state index contributed by atoms with van der Waals surface area (Å²) < 4.78 is 5.28. The van der Waals surface area contributed by atoms with Crippen molar-refractivity contribution in [3.8, 4) is 6.07 Å². The zero-order valence-corrected chi connectivity index (χ0v) is 9.83. The minimum Gasteiger partial charge on any atom is -0.480 e. The molecule has 94 valence electrons. The van der Waals surface area contributed by atoms with Gasteiger partial charge in [0.1, 0.15) is 18.3 Å². The summed E-state index contributed by atoms with van der Waals surface area (Å²) in [4.78, 5) is 12.3. The van der Waals surface area contributed by atoms with E-state index in [9.17, 15) is 4.79 Å². The number of ether oxygens (including phenoxy) is 1. The Morgan fingerprint density at radius 2 is 2.44 bits per heavy atom. The van der Waals surface area contributed by atoms with Gasteiger partial charge in [0, 0.05) is 0 Å². The van der Waals surface area contributed by atoms with Gasteiger partial charge < -0.3 is 14.7 Å². The molecule has 1 aliphatic rings. The van der Waals surface area contributed by atoms with E-state index in [0.717, 1.165) is 0 Å². The van der Waals surface area contributed by atoms with Gasteiger partial charge >= 0.3 is 5.97 Å². The topological polar surface area (TPSA) is 99.3 Å². The third kappa shape index (κ3) is 2.38. The first-order valence-corrected chi connectivity index (χ1v) is 5.36. The second kappa shape index (κ2) is 4.58. The molecule has 1 saturated heterocycles. The predicted octanol–water partition coefficient (Wildman–Crippen LogP) is 0.0282. The van der Waals surface area contributed by atoms with Crippen LogP contribution in [0.25, 0.3) is 0 Å². The lowest BCUT2D eigenvalue weighted by Crippen LogP contribution is -2.62. The molecule has 2 rings (SSSR count). The number of nitriles is 1. The van der Waals surface area contributed by atoms with Gasteiger partial charge in [-0.25, -0.2) is 4.79 Å². The Morgan fingerprint density at radius 3 is 3.06 bits per heavy atom. The highest BCUT2D eigenvalue weighted by atomic mass is 16.5. The van der Waals surface area contributed by atoms with E-state index in [1.165, 1.54) is 6.20 Å². The zero-order valence-electron chi connectivity index (χ0n) is 9.83. The number of carboxylic acids is 1. The molecule has 0 aromatic carbocycles. The summed E-state index contributed by atoms with van der Waals surface area (Å²) >= 11 is 0. The van der Waals surface area contributed by atoms with Crippen LogP contribution in [0.2, 0.25) is 0 Å². The Hall–Kier alpha value is -2.20. The van der Waals surface area contributed by atoms with Crippen LogP contribution in [0.1, 0.15) is 12.5 Å². The van der Waals surface area contributed by atoms with Crippen LogP contribution in [-0.4, -0.2) is 46.6 Å². The molecule has 7 nitrogen and oxygen atoms in total. The lowest BCUT2D eigenvalue weighted by molar-refractivity contribution is -0.150. The third-order valence-corrected chi connectivity index (χ3v) is 2.72. The average Bonchev–Trinajstić information content (AvgIpc) is 2.33. The highest BCUT2D eigenvalue weighted by Crippen LogP contribution is 2.30. The quantitative estimate of drug-likeness (QED) is 0.802. The number of aromatic nitrogens is 2. The van der Waals surface area contributed by atoms with Gasteiger partial charge in [0.2, 0.25) is 0 Å². The van der Waals surface area contributed by atoms with Gasteiger partial charge in [-0.3, -0.25) is 0 Å². The maximum Gasteiger partial charge on any atom is 0.329 e. The van der Waals surface area contributed by atoms with E-state index >= 15 is 0 Å². The molecule has 1 aromatic rings. The van der Waals surface area contributed by atoms with Crippen LogP contribution >= 0.6 is 0 Å². The van der Waals surface area contributed by atoms with E-state index in [4.69, 9.17) is 15.1 Å². The van der Waals surface area contributed by atoms with E-state index < -0.39 is 11.6 Å². The van der Waals surface area contributed by atoms with Crippen LogP contribution in [-0.2, 0) is 9.53 Å². The van der Waals surface area contributed by atoms with Gasteiger partial charge in [0.15, 0.2) is 5.82 Å². The van der Waals surface area contributed by atoms with E-state index in [2.05, 4.69) is 10.2 Å². The van der Waals surface area contributed by atoms with Crippen molar-refractivity contribution in [2.24, 2.45) is 0 Å². The van der Waals surface area contributed by atoms with Crippen molar-refractivity contribution >= 4 is 11.8 Å². The number of anilines is 1. The summed E-state index contributed by atoms with van der Waals surface area (Å²) in [5.41, 5.74) is -0.0619. The maximum absolute atomic E-state index is 10.4. The molecule has 1 N–H and O–H groups in total. The van der Waals surface area contributed by atoms with Crippen LogP contribution < -0.4 is 4.90 Å². The lowest BCUT2D eigenvalue weighted by Gasteiger charge is -2.47. The van der Waals surface area contributed by atoms with Crippen LogP contribution in [0.15, 0.2) is 12.3 Å². The summed E-state index contributed by atoms with van der Waals surface area (Å²) in [5.74, 6) is -0.483. The molecule has 0 aliphatic carbocycles. The van der Waals surface area contributed by atoms with E-state index in [-0.39, 0.29) is 6.61 Å². The summed E-state index contributed by atoms with van der Waals surface area (Å²) in [5, 5.41) is 25.2. The van der Waals surface area contributed by atoms with Gasteiger partial charge in [-0.15, -0.1) is 5.10 Å². The molecule has 0 radical (unpaired) electrons. The van der Waals surface area contributed by atoms with Gasteiger partial charge in [0.05, 0.1) is 24.8 Å². The zero-order chi connectivity index (χ0) is 13.2. The summed E-state index contributed by atoms with van der Waals surface area (Å²) in [7, 11) is 0. The highest BCUT2D eigenvalue weighted by molar-refractivity contribution is 5.68. The molecule has 1 fully saturated rings. The Kier molecular flexibility index (Phi) is 3.12. The molecule has 0 atom stereocenters. The number of aliphatic carboxylic acids is 1. The van der Waals surface area contributed by atoms with E-state index in [1.807, 2.05) is 17.9 Å². The number of carbonyl (C=O) groups is 1. The van der Waals surface area contributed by atoms with Crippen molar-refractivity contribution in [2.75, 3.05) is 24.6 Å². The summed E-state index contributed by atoms with van der Waals surface area (Å²) in [6.07, 6.45) is 1.46. The van der Waals surface area contributed by atoms with Crippen molar-refractivity contribution in [3.63, 3.8) is 0 Å². The predicted molar refractivity (Wildman–Crippen MR) is 61.0 cm³/mol. The molecule has 0 unspecified atom stereocenters. The smallest absolute Gasteiger partial charge is 0.329 e. The Labute approximate surface area is 104 Å². The van der Waals surface area contributed by atoms with Crippen LogP contribution in [0, 0.1) is 11.3 Å². The maximum atomic E-state index is 10.4. The first kappa shape index (κ1) is 12.3. The molecule has 7 heteroatoms. The molecule has 1 aromatic heterocycles. The van der Waals surface area contributed by atoms with Gasteiger partial charge in [-0.1, -0.05) is 0 Å². The second-order valence-electron chi connectivity index (χ2n) is 4.37. The standard InChI is InChI=1S/C11H12N4O3/c1-11(18-5-9(16)17)6-15(7-11)10-8(4-12)2-3-13-14-10/h2-3H,5-7H2,1H3,(H,16,17). The molecule has 0 saturated carbocycles. The van der Waals surface area contributed by atoms with Gasteiger partial charge in [-0.2, -0.15) is 10.4 Å². The first-order valence-electron chi connectivity index (χ1n) is 5.36. The van der Waals surface area contributed by atoms with E-state index in [0.29, 0.717) is 24.5 Å². The second-order valence-corrected chi connectivity index (χ2v) is 4.37. The minimum atomic E-state index is -0.994. The van der Waals surface area contributed by atoms with Crippen molar-refractivity contribution < 1.29 is 14.6 Å². The third-order valence-electron chi connectivity index (χ3n) is 2.72. The molecule has 0 spiro atoms. The number of hydrogen-bond donors (Lipinski definition) is 1. The largest absolute Gasteiger partial charge is 0.480 e. The Morgan fingerprint density at radius 1 is 1.72 bits per heavy atom. The van der Waals surface area contributed by atoms with Crippen LogP contribution in [0.4, 0.5) is 5.82 Å². The molecular formula is C11H12N4O3. The van der Waals surface area contributed by atoms with E-state index in [1.54, 1.807) is 6.07 Å². The highest BCUT2D eigenvalue weighted by Gasteiger charge is 2.41. The SMILES string of the molecule is CC1(OCC(=O)O)CN(c2nnccc2C#N)C1. The van der Waals surface area contributed by atoms with Crippen molar-refractivity contribution in [2.45, 2.75) is 12.5 Å². The fraction of sp³-hybridized carbons (Fsp3) is 0.455. The number of carboxylic acid groups (broad SMARTS) is 1. The molecule has 18 heavy (non-hydrogen) atoms. The van der Waals surface area contributed by atoms with Crippen LogP contribution in [0.5, 0.6) is 0 Å². The average molecular weight is 248 g/mol. The normalized spacial score (nSPS) is 16.8. The van der Waals surface area contributed by atoms with Crippen LogP contribution in [0.3, 0.4) is 0 Å². The van der Waals surface area contributed by atoms with Crippen molar-refractivity contribution in [1.82, 2.24) is 10.2 Å². The molecule has 0 bridgehead atoms. The summed E-state index contributed by atoms with van der Waals surface area (Å²) in [6, 6.07) is 3.64. The van der Waals surface area contributed by atoms with Gasteiger partial charge in [0.25, 0.3) is 0 Å². The molecular weight excluding hydrogens is 236 g/mol. The summed E-state index contributed by atoms with van der Waals surface area (Å²) in [6.45, 7) is 2.49. The van der Waals surface area contributed by atoms with Gasteiger partial charge in [-0.05, 0) is 13.0 Å². The number of rotatable bonds is 4. The Balaban J connectivity index is 2.00. The first-order chi connectivity index (χ1) is 8.54. The lowest BCUT2D eigenvalue weighted by atomic mass is 9.96.